The fraction of sp³-hybridized carbons (Fsp3) is 0.462. The van der Waals surface area contributed by atoms with Gasteiger partial charge < -0.3 is 10.2 Å². The minimum Gasteiger partial charge on any atom is -0.350 e. The second-order valence-electron chi connectivity index (χ2n) is 9.96. The number of hydrogen-bond acceptors (Lipinski definition) is 4. The average molecular weight is 488 g/mol. The van der Waals surface area contributed by atoms with Gasteiger partial charge in [-0.05, 0) is 77.3 Å². The van der Waals surface area contributed by atoms with Gasteiger partial charge in [-0.1, -0.05) is 35.9 Å². The van der Waals surface area contributed by atoms with E-state index in [1.165, 1.54) is 4.90 Å². The first-order valence-corrected chi connectivity index (χ1v) is 13.2. The Morgan fingerprint density at radius 2 is 1.56 bits per heavy atom. The van der Waals surface area contributed by atoms with Gasteiger partial charge in [-0.25, -0.2) is 8.42 Å². The molecular weight excluding hydrogens is 450 g/mol. The number of anilines is 1. The largest absolute Gasteiger partial charge is 0.350 e. The van der Waals surface area contributed by atoms with E-state index in [9.17, 15) is 18.0 Å². The third-order valence-electron chi connectivity index (χ3n) is 5.60. The van der Waals surface area contributed by atoms with Crippen LogP contribution >= 0.6 is 0 Å². The van der Waals surface area contributed by atoms with Gasteiger partial charge in [0.1, 0.15) is 12.6 Å². The smallest absolute Gasteiger partial charge is 0.244 e. The van der Waals surface area contributed by atoms with Gasteiger partial charge in [0.25, 0.3) is 0 Å². The molecule has 2 aromatic rings. The number of nitrogens with zero attached hydrogens (tertiary/aromatic N) is 2. The number of aryl methyl sites for hydroxylation is 3. The third-order valence-corrected chi connectivity index (χ3v) is 6.74. The summed E-state index contributed by atoms with van der Waals surface area (Å²) >= 11 is 0. The zero-order chi connectivity index (χ0) is 25.8. The molecule has 0 heterocycles. The first-order chi connectivity index (χ1) is 15.6. The Bertz CT molecular complexity index is 1140. The Morgan fingerprint density at radius 1 is 0.971 bits per heavy atom. The number of carbonyl (C=O) groups is 2. The summed E-state index contributed by atoms with van der Waals surface area (Å²) in [5, 5.41) is 2.91. The zero-order valence-corrected chi connectivity index (χ0v) is 22.3. The molecule has 0 radical (unpaired) electrons. The Morgan fingerprint density at radius 3 is 2.06 bits per heavy atom. The van der Waals surface area contributed by atoms with Crippen LogP contribution in [-0.2, 0) is 26.2 Å². The molecule has 2 amide bonds. The number of benzene rings is 2. The molecule has 0 aliphatic heterocycles. The summed E-state index contributed by atoms with van der Waals surface area (Å²) in [5.41, 5.74) is 3.83. The molecule has 0 saturated heterocycles. The van der Waals surface area contributed by atoms with Crippen molar-refractivity contribution >= 4 is 27.5 Å². The molecule has 34 heavy (non-hydrogen) atoms. The van der Waals surface area contributed by atoms with Gasteiger partial charge in [0.05, 0.1) is 11.9 Å². The van der Waals surface area contributed by atoms with Gasteiger partial charge in [-0.2, -0.15) is 0 Å². The second-order valence-corrected chi connectivity index (χ2v) is 11.9. The van der Waals surface area contributed by atoms with Crippen molar-refractivity contribution in [1.82, 2.24) is 10.2 Å². The lowest BCUT2D eigenvalue weighted by atomic mass is 10.1. The summed E-state index contributed by atoms with van der Waals surface area (Å²) in [6, 6.07) is 12.2. The molecule has 0 aliphatic carbocycles. The van der Waals surface area contributed by atoms with Crippen LogP contribution in [0, 0.1) is 20.8 Å². The molecule has 0 aliphatic rings. The van der Waals surface area contributed by atoms with Crippen molar-refractivity contribution in [1.29, 1.82) is 0 Å². The molecule has 2 aromatic carbocycles. The second kappa shape index (κ2) is 10.6. The minimum absolute atomic E-state index is 0.183. The molecular formula is C26H37N3O4S. The van der Waals surface area contributed by atoms with E-state index in [1.807, 2.05) is 71.9 Å². The van der Waals surface area contributed by atoms with E-state index < -0.39 is 34.1 Å². The van der Waals surface area contributed by atoms with Crippen molar-refractivity contribution in [2.24, 2.45) is 0 Å². The van der Waals surface area contributed by atoms with Crippen LogP contribution in [-0.4, -0.2) is 49.5 Å². The average Bonchev–Trinajstić information content (AvgIpc) is 2.71. The van der Waals surface area contributed by atoms with Crippen molar-refractivity contribution in [2.45, 2.75) is 66.6 Å². The Balaban J connectivity index is 2.41. The zero-order valence-electron chi connectivity index (χ0n) is 21.5. The predicted octanol–water partition coefficient (Wildman–Crippen LogP) is 3.71. The molecule has 1 atom stereocenters. The first-order valence-electron chi connectivity index (χ1n) is 11.3. The van der Waals surface area contributed by atoms with Crippen LogP contribution in [0.4, 0.5) is 5.69 Å². The Kier molecular flexibility index (Phi) is 8.53. The maximum Gasteiger partial charge on any atom is 0.244 e. The topological polar surface area (TPSA) is 86.8 Å². The van der Waals surface area contributed by atoms with Crippen molar-refractivity contribution in [3.63, 3.8) is 0 Å². The summed E-state index contributed by atoms with van der Waals surface area (Å²) in [7, 11) is -3.74. The van der Waals surface area contributed by atoms with Gasteiger partial charge in [0, 0.05) is 12.1 Å². The van der Waals surface area contributed by atoms with Crippen molar-refractivity contribution in [3.8, 4) is 0 Å². The number of rotatable bonds is 8. The lowest BCUT2D eigenvalue weighted by Gasteiger charge is -2.33. The Hall–Kier alpha value is -2.87. The summed E-state index contributed by atoms with van der Waals surface area (Å²) in [6.07, 6.45) is 1.08. The highest BCUT2D eigenvalue weighted by Gasteiger charge is 2.31. The first kappa shape index (κ1) is 27.4. The third kappa shape index (κ3) is 7.58. The van der Waals surface area contributed by atoms with Crippen LogP contribution in [0.3, 0.4) is 0 Å². The highest BCUT2D eigenvalue weighted by Crippen LogP contribution is 2.22. The molecule has 0 fully saturated rings. The number of sulfonamides is 1. The molecule has 8 heteroatoms. The Labute approximate surface area is 204 Å². The SMILES string of the molecule is Cc1ccc(CN(C(=O)CN(c2ccc(C)c(C)c2)S(C)(=O)=O)[C@H](C)C(=O)NC(C)(C)C)cc1. The lowest BCUT2D eigenvalue weighted by molar-refractivity contribution is -0.140. The van der Waals surface area contributed by atoms with Crippen LogP contribution in [0.1, 0.15) is 49.9 Å². The maximum atomic E-state index is 13.5. The molecule has 0 spiro atoms. The van der Waals surface area contributed by atoms with Crippen molar-refractivity contribution in [2.75, 3.05) is 17.1 Å². The molecule has 0 bridgehead atoms. The van der Waals surface area contributed by atoms with Crippen LogP contribution in [0.25, 0.3) is 0 Å². The van der Waals surface area contributed by atoms with Gasteiger partial charge in [-0.15, -0.1) is 0 Å². The van der Waals surface area contributed by atoms with E-state index >= 15 is 0 Å². The maximum absolute atomic E-state index is 13.5. The fourth-order valence-corrected chi connectivity index (χ4v) is 4.28. The molecule has 0 aromatic heterocycles. The molecule has 186 valence electrons. The number of amides is 2. The molecule has 2 rings (SSSR count). The summed E-state index contributed by atoms with van der Waals surface area (Å²) < 4.78 is 26.4. The monoisotopic (exact) mass is 487 g/mol. The number of hydrogen-bond donors (Lipinski definition) is 1. The van der Waals surface area contributed by atoms with E-state index in [-0.39, 0.29) is 12.5 Å². The van der Waals surface area contributed by atoms with Crippen LogP contribution < -0.4 is 9.62 Å². The van der Waals surface area contributed by atoms with Crippen LogP contribution in [0.5, 0.6) is 0 Å². The quantitative estimate of drug-likeness (QED) is 0.615. The minimum atomic E-state index is -3.74. The van der Waals surface area contributed by atoms with E-state index in [2.05, 4.69) is 5.32 Å². The number of nitrogens with one attached hydrogen (secondary N) is 1. The predicted molar refractivity (Wildman–Crippen MR) is 137 cm³/mol. The van der Waals surface area contributed by atoms with Gasteiger partial charge in [-0.3, -0.25) is 13.9 Å². The lowest BCUT2D eigenvalue weighted by Crippen LogP contribution is -2.54. The van der Waals surface area contributed by atoms with Gasteiger partial charge >= 0.3 is 0 Å². The van der Waals surface area contributed by atoms with Gasteiger partial charge in [0.15, 0.2) is 0 Å². The van der Waals surface area contributed by atoms with Crippen molar-refractivity contribution in [3.05, 3.63) is 64.7 Å². The highest BCUT2D eigenvalue weighted by molar-refractivity contribution is 7.92. The summed E-state index contributed by atoms with van der Waals surface area (Å²) in [5.74, 6) is -0.758. The number of carbonyl (C=O) groups excluding carboxylic acids is 2. The fourth-order valence-electron chi connectivity index (χ4n) is 3.44. The van der Waals surface area contributed by atoms with E-state index in [0.717, 1.165) is 32.8 Å². The molecule has 1 N–H and O–H groups in total. The van der Waals surface area contributed by atoms with Crippen LogP contribution in [0.15, 0.2) is 42.5 Å². The summed E-state index contributed by atoms with van der Waals surface area (Å²) in [6.45, 7) is 12.9. The molecule has 0 unspecified atom stereocenters. The van der Waals surface area contributed by atoms with Crippen LogP contribution in [0.2, 0.25) is 0 Å². The van der Waals surface area contributed by atoms with Gasteiger partial charge in [0.2, 0.25) is 21.8 Å². The van der Waals surface area contributed by atoms with E-state index in [1.54, 1.807) is 19.1 Å². The highest BCUT2D eigenvalue weighted by atomic mass is 32.2. The normalized spacial score (nSPS) is 12.7. The standard InChI is InChI=1S/C26H37N3O4S/c1-18-9-12-22(13-10-18)16-28(21(4)25(31)27-26(5,6)7)24(30)17-29(34(8,32)33)23-14-11-19(2)20(3)15-23/h9-15,21H,16-17H2,1-8H3,(H,27,31)/t21-/m1/s1. The summed E-state index contributed by atoms with van der Waals surface area (Å²) in [4.78, 5) is 27.9. The van der Waals surface area contributed by atoms with E-state index in [4.69, 9.17) is 0 Å². The molecule has 0 saturated carbocycles. The van der Waals surface area contributed by atoms with E-state index in [0.29, 0.717) is 5.69 Å². The van der Waals surface area contributed by atoms with Crippen molar-refractivity contribution < 1.29 is 18.0 Å². The molecule has 7 nitrogen and oxygen atoms in total.